The number of unbranched alkanes of at least 4 members (excludes halogenated alkanes) is 1. The van der Waals surface area contributed by atoms with Crippen molar-refractivity contribution in [2.24, 2.45) is 0 Å². The number of carbonyl (C=O) groups is 1. The van der Waals surface area contributed by atoms with E-state index in [2.05, 4.69) is 12.2 Å². The molecule has 0 saturated heterocycles. The van der Waals surface area contributed by atoms with Crippen LogP contribution in [0.4, 0.5) is 4.79 Å². The van der Waals surface area contributed by atoms with Crippen molar-refractivity contribution in [1.29, 1.82) is 0 Å². The summed E-state index contributed by atoms with van der Waals surface area (Å²) in [6, 6.07) is 7.38. The molecule has 1 rings (SSSR count). The van der Waals surface area contributed by atoms with Crippen LogP contribution in [-0.2, 0) is 0 Å². The minimum Gasteiger partial charge on any atom is -0.493 e. The van der Waals surface area contributed by atoms with E-state index in [1.165, 1.54) is 0 Å². The molecule has 0 aliphatic carbocycles. The lowest BCUT2D eigenvalue weighted by Crippen LogP contribution is -2.39. The van der Waals surface area contributed by atoms with Gasteiger partial charge < -0.3 is 19.7 Å². The third-order valence-electron chi connectivity index (χ3n) is 2.90. The maximum absolute atomic E-state index is 11.7. The van der Waals surface area contributed by atoms with Crippen molar-refractivity contribution < 1.29 is 14.3 Å². The number of rotatable bonds is 8. The zero-order chi connectivity index (χ0) is 14.8. The molecule has 0 aliphatic rings. The van der Waals surface area contributed by atoms with Crippen molar-refractivity contribution in [3.05, 3.63) is 24.3 Å². The summed E-state index contributed by atoms with van der Waals surface area (Å²) in [7, 11) is 3.40. The Balaban J connectivity index is 2.26. The number of benzene rings is 1. The van der Waals surface area contributed by atoms with Gasteiger partial charge in [0.1, 0.15) is 6.61 Å². The van der Waals surface area contributed by atoms with Gasteiger partial charge in [-0.05, 0) is 18.6 Å². The molecule has 1 aromatic carbocycles. The fraction of sp³-hybridized carbons (Fsp3) is 0.533. The van der Waals surface area contributed by atoms with E-state index in [1.807, 2.05) is 24.3 Å². The normalized spacial score (nSPS) is 9.95. The fourth-order valence-corrected chi connectivity index (χ4v) is 1.69. The molecule has 1 N–H and O–H groups in total. The van der Waals surface area contributed by atoms with Gasteiger partial charge in [-0.25, -0.2) is 4.79 Å². The van der Waals surface area contributed by atoms with Crippen LogP contribution in [0.2, 0.25) is 0 Å². The van der Waals surface area contributed by atoms with Crippen LogP contribution in [0.1, 0.15) is 19.8 Å². The first-order chi connectivity index (χ1) is 9.69. The fourth-order valence-electron chi connectivity index (χ4n) is 1.69. The number of carbonyl (C=O) groups excluding carboxylic acids is 1. The van der Waals surface area contributed by atoms with E-state index in [1.54, 1.807) is 19.1 Å². The SMILES string of the molecule is CCCCN(C)C(=O)NCCOc1ccccc1OC. The molecule has 0 saturated carbocycles. The van der Waals surface area contributed by atoms with E-state index in [0.29, 0.717) is 24.7 Å². The molecule has 0 heterocycles. The molecule has 5 heteroatoms. The molecule has 0 aromatic heterocycles. The first kappa shape index (κ1) is 16.1. The van der Waals surface area contributed by atoms with Crippen LogP contribution in [0.5, 0.6) is 11.5 Å². The molecule has 20 heavy (non-hydrogen) atoms. The highest BCUT2D eigenvalue weighted by atomic mass is 16.5. The number of para-hydroxylation sites is 2. The van der Waals surface area contributed by atoms with Gasteiger partial charge in [0.2, 0.25) is 0 Å². The summed E-state index contributed by atoms with van der Waals surface area (Å²) < 4.78 is 10.8. The topological polar surface area (TPSA) is 50.8 Å². The third-order valence-corrected chi connectivity index (χ3v) is 2.90. The molecular formula is C15H24N2O3. The number of nitrogens with zero attached hydrogens (tertiary/aromatic N) is 1. The molecule has 5 nitrogen and oxygen atoms in total. The van der Waals surface area contributed by atoms with Crippen molar-refractivity contribution in [2.45, 2.75) is 19.8 Å². The van der Waals surface area contributed by atoms with Crippen LogP contribution < -0.4 is 14.8 Å². The summed E-state index contributed by atoms with van der Waals surface area (Å²) in [6.07, 6.45) is 2.09. The van der Waals surface area contributed by atoms with Gasteiger partial charge in [-0.15, -0.1) is 0 Å². The Morgan fingerprint density at radius 2 is 2.00 bits per heavy atom. The summed E-state index contributed by atoms with van der Waals surface area (Å²) in [5, 5.41) is 2.82. The van der Waals surface area contributed by atoms with E-state index in [-0.39, 0.29) is 6.03 Å². The number of methoxy groups -OCH3 is 1. The summed E-state index contributed by atoms with van der Waals surface area (Å²) in [4.78, 5) is 13.4. The highest BCUT2D eigenvalue weighted by Gasteiger charge is 2.07. The molecule has 0 spiro atoms. The second-order valence-electron chi connectivity index (χ2n) is 4.51. The van der Waals surface area contributed by atoms with Crippen LogP contribution in [0.15, 0.2) is 24.3 Å². The second kappa shape index (κ2) is 9.07. The van der Waals surface area contributed by atoms with Gasteiger partial charge in [0.25, 0.3) is 0 Å². The first-order valence-corrected chi connectivity index (χ1v) is 6.93. The zero-order valence-electron chi connectivity index (χ0n) is 12.5. The Hall–Kier alpha value is -1.91. The van der Waals surface area contributed by atoms with E-state index in [4.69, 9.17) is 9.47 Å². The Morgan fingerprint density at radius 3 is 2.65 bits per heavy atom. The molecule has 0 radical (unpaired) electrons. The standard InChI is InChI=1S/C15H24N2O3/c1-4-5-11-17(2)15(18)16-10-12-20-14-9-7-6-8-13(14)19-3/h6-9H,4-5,10-12H2,1-3H3,(H,16,18). The molecule has 0 atom stereocenters. The smallest absolute Gasteiger partial charge is 0.317 e. The van der Waals surface area contributed by atoms with Crippen molar-refractivity contribution in [1.82, 2.24) is 10.2 Å². The second-order valence-corrected chi connectivity index (χ2v) is 4.51. The Labute approximate surface area is 120 Å². The highest BCUT2D eigenvalue weighted by molar-refractivity contribution is 5.73. The Bertz CT molecular complexity index is 410. The van der Waals surface area contributed by atoms with E-state index in [9.17, 15) is 4.79 Å². The molecule has 112 valence electrons. The maximum Gasteiger partial charge on any atom is 0.317 e. The molecule has 0 aliphatic heterocycles. The lowest BCUT2D eigenvalue weighted by Gasteiger charge is -2.17. The van der Waals surface area contributed by atoms with Gasteiger partial charge in [-0.3, -0.25) is 0 Å². The quantitative estimate of drug-likeness (QED) is 0.744. The van der Waals surface area contributed by atoms with Gasteiger partial charge in [0.15, 0.2) is 11.5 Å². The van der Waals surface area contributed by atoms with Crippen molar-refractivity contribution in [3.63, 3.8) is 0 Å². The lowest BCUT2D eigenvalue weighted by molar-refractivity contribution is 0.204. The summed E-state index contributed by atoms with van der Waals surface area (Å²) in [6.45, 7) is 3.75. The van der Waals surface area contributed by atoms with Gasteiger partial charge >= 0.3 is 6.03 Å². The highest BCUT2D eigenvalue weighted by Crippen LogP contribution is 2.25. The molecular weight excluding hydrogens is 256 g/mol. The van der Waals surface area contributed by atoms with Crippen molar-refractivity contribution in [2.75, 3.05) is 33.9 Å². The van der Waals surface area contributed by atoms with E-state index >= 15 is 0 Å². The predicted octanol–water partition coefficient (Wildman–Crippen LogP) is 2.52. The first-order valence-electron chi connectivity index (χ1n) is 6.93. The van der Waals surface area contributed by atoms with Crippen LogP contribution in [0.25, 0.3) is 0 Å². The largest absolute Gasteiger partial charge is 0.493 e. The zero-order valence-corrected chi connectivity index (χ0v) is 12.5. The molecule has 0 bridgehead atoms. The van der Waals surface area contributed by atoms with E-state index < -0.39 is 0 Å². The number of ether oxygens (including phenoxy) is 2. The van der Waals surface area contributed by atoms with Crippen molar-refractivity contribution in [3.8, 4) is 11.5 Å². The van der Waals surface area contributed by atoms with Crippen molar-refractivity contribution >= 4 is 6.03 Å². The average molecular weight is 280 g/mol. The number of hydrogen-bond donors (Lipinski definition) is 1. The summed E-state index contributed by atoms with van der Waals surface area (Å²) in [5.41, 5.74) is 0. The monoisotopic (exact) mass is 280 g/mol. The lowest BCUT2D eigenvalue weighted by atomic mass is 10.3. The molecule has 1 aromatic rings. The average Bonchev–Trinajstić information content (AvgIpc) is 2.49. The number of nitrogens with one attached hydrogen (secondary N) is 1. The number of urea groups is 1. The number of amides is 2. The summed E-state index contributed by atoms with van der Waals surface area (Å²) in [5.74, 6) is 1.38. The molecule has 0 unspecified atom stereocenters. The van der Waals surface area contributed by atoms with Crippen LogP contribution in [0.3, 0.4) is 0 Å². The predicted molar refractivity (Wildman–Crippen MR) is 79.4 cm³/mol. The summed E-state index contributed by atoms with van der Waals surface area (Å²) >= 11 is 0. The van der Waals surface area contributed by atoms with Gasteiger partial charge in [-0.1, -0.05) is 25.5 Å². The molecule has 2 amide bonds. The maximum atomic E-state index is 11.7. The Kier molecular flexibility index (Phi) is 7.32. The van der Waals surface area contributed by atoms with E-state index in [0.717, 1.165) is 19.4 Å². The number of hydrogen-bond acceptors (Lipinski definition) is 3. The Morgan fingerprint density at radius 1 is 1.30 bits per heavy atom. The van der Waals surface area contributed by atoms with Gasteiger partial charge in [0.05, 0.1) is 13.7 Å². The minimum atomic E-state index is -0.0675. The van der Waals surface area contributed by atoms with Gasteiger partial charge in [-0.2, -0.15) is 0 Å². The minimum absolute atomic E-state index is 0.0675. The van der Waals surface area contributed by atoms with Crippen LogP contribution >= 0.6 is 0 Å². The van der Waals surface area contributed by atoms with Crippen LogP contribution in [-0.4, -0.2) is 44.8 Å². The van der Waals surface area contributed by atoms with Crippen LogP contribution in [0, 0.1) is 0 Å². The van der Waals surface area contributed by atoms with Gasteiger partial charge in [0, 0.05) is 13.6 Å². The third kappa shape index (κ3) is 5.38. The molecule has 0 fully saturated rings.